The second-order valence-corrected chi connectivity index (χ2v) is 5.26. The summed E-state index contributed by atoms with van der Waals surface area (Å²) in [7, 11) is 0. The van der Waals surface area contributed by atoms with E-state index in [1.165, 1.54) is 23.8 Å². The lowest BCUT2D eigenvalue weighted by Gasteiger charge is -2.04. The fraction of sp³-hybridized carbons (Fsp3) is 0.438. The maximum absolute atomic E-state index is 11.7. The van der Waals surface area contributed by atoms with E-state index in [1.54, 1.807) is 0 Å². The van der Waals surface area contributed by atoms with Gasteiger partial charge in [-0.25, -0.2) is 0 Å². The molecule has 1 N–H and O–H groups in total. The number of hydrogen-bond acceptors (Lipinski definition) is 3. The summed E-state index contributed by atoms with van der Waals surface area (Å²) in [4.78, 5) is 11.7. The van der Waals surface area contributed by atoms with Gasteiger partial charge in [-0.2, -0.15) is 0 Å². The van der Waals surface area contributed by atoms with Gasteiger partial charge in [0.05, 0.1) is 6.61 Å². The van der Waals surface area contributed by atoms with Crippen molar-refractivity contribution in [3.05, 3.63) is 36.0 Å². The number of para-hydroxylation sites is 1. The van der Waals surface area contributed by atoms with E-state index in [-0.39, 0.29) is 12.5 Å². The van der Waals surface area contributed by atoms with Crippen LogP contribution in [0.1, 0.15) is 25.3 Å². The normalized spacial score (nSPS) is 14.7. The molecule has 1 aromatic carbocycles. The maximum atomic E-state index is 11.7. The lowest BCUT2D eigenvalue weighted by molar-refractivity contribution is -0.143. The van der Waals surface area contributed by atoms with Crippen molar-refractivity contribution in [3.8, 4) is 0 Å². The van der Waals surface area contributed by atoms with E-state index in [1.807, 2.05) is 23.6 Å². The van der Waals surface area contributed by atoms with Crippen LogP contribution in [-0.4, -0.2) is 23.2 Å². The first-order valence-corrected chi connectivity index (χ1v) is 7.23. The summed E-state index contributed by atoms with van der Waals surface area (Å²) in [5, 5.41) is 4.74. The molecule has 0 bridgehead atoms. The molecule has 1 heterocycles. The van der Waals surface area contributed by atoms with E-state index >= 15 is 0 Å². The SMILES string of the molecule is CCOC(=O)Cn1cc(CNC2CC2)c2ccccc21. The minimum atomic E-state index is -0.185. The van der Waals surface area contributed by atoms with E-state index in [9.17, 15) is 4.79 Å². The smallest absolute Gasteiger partial charge is 0.325 e. The second-order valence-electron chi connectivity index (χ2n) is 5.26. The molecule has 1 saturated carbocycles. The molecule has 20 heavy (non-hydrogen) atoms. The molecule has 106 valence electrons. The van der Waals surface area contributed by atoms with E-state index in [2.05, 4.69) is 23.6 Å². The minimum Gasteiger partial charge on any atom is -0.465 e. The number of nitrogens with one attached hydrogen (secondary N) is 1. The topological polar surface area (TPSA) is 43.3 Å². The predicted octanol–water partition coefficient (Wildman–Crippen LogP) is 2.46. The van der Waals surface area contributed by atoms with Crippen molar-refractivity contribution >= 4 is 16.9 Å². The number of nitrogens with zero attached hydrogens (tertiary/aromatic N) is 1. The highest BCUT2D eigenvalue weighted by atomic mass is 16.5. The third-order valence-electron chi connectivity index (χ3n) is 3.63. The number of esters is 1. The molecule has 0 atom stereocenters. The van der Waals surface area contributed by atoms with Gasteiger partial charge in [0.1, 0.15) is 6.54 Å². The van der Waals surface area contributed by atoms with Crippen LogP contribution in [-0.2, 0) is 22.6 Å². The van der Waals surface area contributed by atoms with Gasteiger partial charge in [-0.05, 0) is 31.4 Å². The van der Waals surface area contributed by atoms with Crippen LogP contribution in [0.4, 0.5) is 0 Å². The number of benzene rings is 1. The summed E-state index contributed by atoms with van der Waals surface area (Å²) in [6, 6.07) is 8.89. The Morgan fingerprint density at radius 3 is 2.95 bits per heavy atom. The molecule has 2 aromatic rings. The average Bonchev–Trinajstić information content (AvgIpc) is 3.21. The van der Waals surface area contributed by atoms with Crippen molar-refractivity contribution < 1.29 is 9.53 Å². The highest BCUT2D eigenvalue weighted by molar-refractivity contribution is 5.85. The number of ether oxygens (including phenoxy) is 1. The summed E-state index contributed by atoms with van der Waals surface area (Å²) in [5.74, 6) is -0.185. The number of carbonyl (C=O) groups excluding carboxylic acids is 1. The Bertz CT molecular complexity index is 614. The van der Waals surface area contributed by atoms with E-state index in [0.717, 1.165) is 12.1 Å². The Morgan fingerprint density at radius 1 is 1.40 bits per heavy atom. The van der Waals surface area contributed by atoms with Crippen molar-refractivity contribution in [1.82, 2.24) is 9.88 Å². The zero-order chi connectivity index (χ0) is 13.9. The first-order valence-electron chi connectivity index (χ1n) is 7.23. The van der Waals surface area contributed by atoms with Crippen LogP contribution in [0.3, 0.4) is 0 Å². The van der Waals surface area contributed by atoms with E-state index in [4.69, 9.17) is 4.74 Å². The summed E-state index contributed by atoms with van der Waals surface area (Å²) in [6.07, 6.45) is 4.62. The fourth-order valence-electron chi connectivity index (χ4n) is 2.48. The van der Waals surface area contributed by atoms with Crippen LogP contribution < -0.4 is 5.32 Å². The van der Waals surface area contributed by atoms with Gasteiger partial charge in [0.2, 0.25) is 0 Å². The van der Waals surface area contributed by atoms with Crippen LogP contribution in [0.25, 0.3) is 10.9 Å². The Labute approximate surface area is 118 Å². The Morgan fingerprint density at radius 2 is 2.20 bits per heavy atom. The van der Waals surface area contributed by atoms with Gasteiger partial charge in [0.25, 0.3) is 0 Å². The average molecular weight is 272 g/mol. The van der Waals surface area contributed by atoms with Crippen molar-refractivity contribution in [2.24, 2.45) is 0 Å². The van der Waals surface area contributed by atoms with Crippen molar-refractivity contribution in [2.45, 2.75) is 38.9 Å². The molecule has 0 saturated heterocycles. The molecule has 3 rings (SSSR count). The van der Waals surface area contributed by atoms with Crippen molar-refractivity contribution in [2.75, 3.05) is 6.61 Å². The Kier molecular flexibility index (Phi) is 3.74. The maximum Gasteiger partial charge on any atom is 0.325 e. The predicted molar refractivity (Wildman–Crippen MR) is 78.4 cm³/mol. The number of rotatable bonds is 6. The van der Waals surface area contributed by atoms with Gasteiger partial charge in [-0.1, -0.05) is 18.2 Å². The zero-order valence-corrected chi connectivity index (χ0v) is 11.8. The van der Waals surface area contributed by atoms with Gasteiger partial charge in [0, 0.05) is 29.7 Å². The number of aromatic nitrogens is 1. The molecule has 4 heteroatoms. The van der Waals surface area contributed by atoms with Gasteiger partial charge in [-0.15, -0.1) is 0 Å². The van der Waals surface area contributed by atoms with Crippen LogP contribution in [0.2, 0.25) is 0 Å². The molecule has 4 nitrogen and oxygen atoms in total. The van der Waals surface area contributed by atoms with Gasteiger partial charge < -0.3 is 14.6 Å². The molecule has 0 spiro atoms. The van der Waals surface area contributed by atoms with Crippen LogP contribution in [0, 0.1) is 0 Å². The van der Waals surface area contributed by atoms with Gasteiger partial charge in [-0.3, -0.25) is 4.79 Å². The molecule has 0 radical (unpaired) electrons. The fourth-order valence-corrected chi connectivity index (χ4v) is 2.48. The molecular formula is C16H20N2O2. The molecule has 0 amide bonds. The highest BCUT2D eigenvalue weighted by Gasteiger charge is 2.21. The van der Waals surface area contributed by atoms with Crippen LogP contribution >= 0.6 is 0 Å². The molecular weight excluding hydrogens is 252 g/mol. The Balaban J connectivity index is 1.84. The standard InChI is InChI=1S/C16H20N2O2/c1-2-20-16(19)11-18-10-12(9-17-13-7-8-13)14-5-3-4-6-15(14)18/h3-6,10,13,17H,2,7-9,11H2,1H3. The molecule has 0 aliphatic heterocycles. The first kappa shape index (κ1) is 13.2. The van der Waals surface area contributed by atoms with Gasteiger partial charge >= 0.3 is 5.97 Å². The van der Waals surface area contributed by atoms with Crippen LogP contribution in [0.15, 0.2) is 30.5 Å². The monoisotopic (exact) mass is 272 g/mol. The van der Waals surface area contributed by atoms with Crippen molar-refractivity contribution in [1.29, 1.82) is 0 Å². The van der Waals surface area contributed by atoms with E-state index < -0.39 is 0 Å². The second kappa shape index (κ2) is 5.67. The summed E-state index contributed by atoms with van der Waals surface area (Å²) in [5.41, 5.74) is 2.34. The molecule has 1 aliphatic rings. The number of hydrogen-bond donors (Lipinski definition) is 1. The van der Waals surface area contributed by atoms with Gasteiger partial charge in [0.15, 0.2) is 0 Å². The number of carbonyl (C=O) groups is 1. The zero-order valence-electron chi connectivity index (χ0n) is 11.8. The lowest BCUT2D eigenvalue weighted by atomic mass is 10.2. The Hall–Kier alpha value is -1.81. The summed E-state index contributed by atoms with van der Waals surface area (Å²) >= 11 is 0. The molecule has 0 unspecified atom stereocenters. The van der Waals surface area contributed by atoms with E-state index in [0.29, 0.717) is 12.6 Å². The number of fused-ring (bicyclic) bond motifs is 1. The third kappa shape index (κ3) is 2.85. The quantitative estimate of drug-likeness (QED) is 0.821. The summed E-state index contributed by atoms with van der Waals surface area (Å²) < 4.78 is 7.02. The molecule has 1 fully saturated rings. The third-order valence-corrected chi connectivity index (χ3v) is 3.63. The highest BCUT2D eigenvalue weighted by Crippen LogP contribution is 2.24. The minimum absolute atomic E-state index is 0.185. The summed E-state index contributed by atoms with van der Waals surface area (Å²) in [6.45, 7) is 3.39. The lowest BCUT2D eigenvalue weighted by Crippen LogP contribution is -2.15. The van der Waals surface area contributed by atoms with Crippen LogP contribution in [0.5, 0.6) is 0 Å². The molecule has 1 aliphatic carbocycles. The van der Waals surface area contributed by atoms with Crippen molar-refractivity contribution in [3.63, 3.8) is 0 Å². The largest absolute Gasteiger partial charge is 0.465 e. The molecule has 1 aromatic heterocycles. The first-order chi connectivity index (χ1) is 9.78.